The van der Waals surface area contributed by atoms with Crippen LogP contribution in [-0.4, -0.2) is 31.0 Å². The molecule has 0 bridgehead atoms. The Morgan fingerprint density at radius 2 is 2.00 bits per heavy atom. The van der Waals surface area contributed by atoms with E-state index in [2.05, 4.69) is 24.0 Å². The van der Waals surface area contributed by atoms with E-state index in [0.29, 0.717) is 12.6 Å². The van der Waals surface area contributed by atoms with Crippen LogP contribution in [0.2, 0.25) is 0 Å². The maximum absolute atomic E-state index is 5.92. The second-order valence-electron chi connectivity index (χ2n) is 4.14. The fraction of sp³-hybridized carbons (Fsp3) is 0.538. The van der Waals surface area contributed by atoms with Crippen molar-refractivity contribution < 1.29 is 9.47 Å². The molecule has 0 aliphatic carbocycles. The van der Waals surface area contributed by atoms with Crippen molar-refractivity contribution in [1.82, 2.24) is 4.90 Å². The standard InChI is InChI=1S/C13H19NO2/c1-4-15-13-14(3)10(2)12(16-13)11-8-6-5-7-9-11/h5-10,12-13H,4H2,1-3H3. The van der Waals surface area contributed by atoms with Crippen molar-refractivity contribution in [3.05, 3.63) is 35.9 Å². The van der Waals surface area contributed by atoms with Crippen LogP contribution in [0.1, 0.15) is 25.5 Å². The van der Waals surface area contributed by atoms with E-state index in [9.17, 15) is 0 Å². The molecule has 0 amide bonds. The molecule has 1 aliphatic heterocycles. The summed E-state index contributed by atoms with van der Waals surface area (Å²) in [4.78, 5) is 2.13. The van der Waals surface area contributed by atoms with E-state index < -0.39 is 0 Å². The molecular formula is C13H19NO2. The molecule has 0 aromatic heterocycles. The lowest BCUT2D eigenvalue weighted by Crippen LogP contribution is -2.33. The van der Waals surface area contributed by atoms with Gasteiger partial charge in [0.05, 0.1) is 0 Å². The molecule has 3 unspecified atom stereocenters. The number of rotatable bonds is 3. The van der Waals surface area contributed by atoms with Gasteiger partial charge in [0, 0.05) is 12.6 Å². The minimum absolute atomic E-state index is 0.0998. The van der Waals surface area contributed by atoms with Crippen molar-refractivity contribution in [3.8, 4) is 0 Å². The van der Waals surface area contributed by atoms with Crippen molar-refractivity contribution in [2.75, 3.05) is 13.7 Å². The smallest absolute Gasteiger partial charge is 0.219 e. The van der Waals surface area contributed by atoms with Gasteiger partial charge in [-0.25, -0.2) is 0 Å². The molecule has 88 valence electrons. The molecule has 3 nitrogen and oxygen atoms in total. The molecule has 1 saturated heterocycles. The van der Waals surface area contributed by atoms with Crippen molar-refractivity contribution in [2.45, 2.75) is 32.4 Å². The first kappa shape index (κ1) is 11.6. The Labute approximate surface area is 97.0 Å². The number of hydrogen-bond acceptors (Lipinski definition) is 3. The van der Waals surface area contributed by atoms with Crippen LogP contribution in [0, 0.1) is 0 Å². The van der Waals surface area contributed by atoms with Crippen LogP contribution < -0.4 is 0 Å². The van der Waals surface area contributed by atoms with Crippen molar-refractivity contribution in [3.63, 3.8) is 0 Å². The maximum Gasteiger partial charge on any atom is 0.219 e. The lowest BCUT2D eigenvalue weighted by Gasteiger charge is -2.20. The van der Waals surface area contributed by atoms with Gasteiger partial charge < -0.3 is 9.47 Å². The van der Waals surface area contributed by atoms with Gasteiger partial charge in [-0.15, -0.1) is 0 Å². The Hall–Kier alpha value is -0.900. The molecule has 0 saturated carbocycles. The Bertz CT molecular complexity index is 328. The normalized spacial score (nSPS) is 30.8. The molecule has 0 spiro atoms. The zero-order valence-corrected chi connectivity index (χ0v) is 10.1. The van der Waals surface area contributed by atoms with Gasteiger partial charge in [-0.3, -0.25) is 4.90 Å². The Kier molecular flexibility index (Phi) is 3.59. The highest BCUT2D eigenvalue weighted by molar-refractivity contribution is 5.19. The number of likely N-dealkylation sites (N-methyl/N-ethyl adjacent to an activating group) is 1. The highest BCUT2D eigenvalue weighted by Crippen LogP contribution is 2.33. The number of benzene rings is 1. The van der Waals surface area contributed by atoms with Crippen LogP contribution in [0.5, 0.6) is 0 Å². The minimum atomic E-state index is -0.217. The zero-order valence-electron chi connectivity index (χ0n) is 10.1. The Morgan fingerprint density at radius 1 is 1.31 bits per heavy atom. The Balaban J connectivity index is 2.13. The third kappa shape index (κ3) is 2.12. The predicted molar refractivity (Wildman–Crippen MR) is 62.9 cm³/mol. The lowest BCUT2D eigenvalue weighted by molar-refractivity contribution is -0.180. The third-order valence-corrected chi connectivity index (χ3v) is 3.11. The fourth-order valence-corrected chi connectivity index (χ4v) is 2.04. The Morgan fingerprint density at radius 3 is 2.62 bits per heavy atom. The van der Waals surface area contributed by atoms with Gasteiger partial charge >= 0.3 is 0 Å². The number of ether oxygens (including phenoxy) is 2. The van der Waals surface area contributed by atoms with E-state index in [0.717, 1.165) is 0 Å². The third-order valence-electron chi connectivity index (χ3n) is 3.11. The molecule has 1 aromatic rings. The summed E-state index contributed by atoms with van der Waals surface area (Å²) >= 11 is 0. The molecule has 1 heterocycles. The lowest BCUT2D eigenvalue weighted by atomic mass is 10.0. The molecule has 1 aliphatic rings. The van der Waals surface area contributed by atoms with E-state index in [1.807, 2.05) is 32.2 Å². The minimum Gasteiger partial charge on any atom is -0.340 e. The average Bonchev–Trinajstić information content (AvgIpc) is 2.59. The summed E-state index contributed by atoms with van der Waals surface area (Å²) in [6, 6.07) is 10.6. The average molecular weight is 221 g/mol. The summed E-state index contributed by atoms with van der Waals surface area (Å²) in [6.45, 7) is 4.82. The number of nitrogens with zero attached hydrogens (tertiary/aromatic N) is 1. The topological polar surface area (TPSA) is 21.7 Å². The van der Waals surface area contributed by atoms with Gasteiger partial charge in [-0.2, -0.15) is 0 Å². The van der Waals surface area contributed by atoms with E-state index in [1.165, 1.54) is 5.56 Å². The van der Waals surface area contributed by atoms with Crippen molar-refractivity contribution in [1.29, 1.82) is 0 Å². The van der Waals surface area contributed by atoms with Gasteiger partial charge in [0.2, 0.25) is 6.41 Å². The van der Waals surface area contributed by atoms with Gasteiger partial charge in [0.25, 0.3) is 0 Å². The highest BCUT2D eigenvalue weighted by Gasteiger charge is 2.38. The van der Waals surface area contributed by atoms with E-state index in [1.54, 1.807) is 0 Å². The molecule has 2 rings (SSSR count). The zero-order chi connectivity index (χ0) is 11.5. The second-order valence-corrected chi connectivity index (χ2v) is 4.14. The van der Waals surface area contributed by atoms with Crippen LogP contribution in [0.4, 0.5) is 0 Å². The molecule has 3 atom stereocenters. The largest absolute Gasteiger partial charge is 0.340 e. The first-order valence-corrected chi connectivity index (χ1v) is 5.78. The molecule has 3 heteroatoms. The fourth-order valence-electron chi connectivity index (χ4n) is 2.04. The molecule has 0 radical (unpaired) electrons. The van der Waals surface area contributed by atoms with Gasteiger partial charge in [-0.05, 0) is 26.5 Å². The highest BCUT2D eigenvalue weighted by atomic mass is 16.7. The molecular weight excluding hydrogens is 202 g/mol. The van der Waals surface area contributed by atoms with Crippen LogP contribution in [0.25, 0.3) is 0 Å². The van der Waals surface area contributed by atoms with E-state index in [4.69, 9.17) is 9.47 Å². The summed E-state index contributed by atoms with van der Waals surface area (Å²) in [7, 11) is 2.04. The first-order chi connectivity index (χ1) is 7.74. The van der Waals surface area contributed by atoms with E-state index >= 15 is 0 Å². The van der Waals surface area contributed by atoms with Crippen LogP contribution >= 0.6 is 0 Å². The van der Waals surface area contributed by atoms with Crippen LogP contribution in [0.3, 0.4) is 0 Å². The monoisotopic (exact) mass is 221 g/mol. The summed E-state index contributed by atoms with van der Waals surface area (Å²) in [5.74, 6) is 0. The second kappa shape index (κ2) is 4.95. The molecule has 1 fully saturated rings. The van der Waals surface area contributed by atoms with E-state index in [-0.39, 0.29) is 12.5 Å². The first-order valence-electron chi connectivity index (χ1n) is 5.78. The van der Waals surface area contributed by atoms with Gasteiger partial charge in [0.1, 0.15) is 6.10 Å². The van der Waals surface area contributed by atoms with Crippen LogP contribution in [-0.2, 0) is 9.47 Å². The summed E-state index contributed by atoms with van der Waals surface area (Å²) in [5.41, 5.74) is 1.21. The maximum atomic E-state index is 5.92. The van der Waals surface area contributed by atoms with Crippen molar-refractivity contribution >= 4 is 0 Å². The number of hydrogen-bond donors (Lipinski definition) is 0. The molecule has 0 N–H and O–H groups in total. The van der Waals surface area contributed by atoms with Crippen molar-refractivity contribution in [2.24, 2.45) is 0 Å². The summed E-state index contributed by atoms with van der Waals surface area (Å²) in [5, 5.41) is 0. The quantitative estimate of drug-likeness (QED) is 0.782. The molecule has 16 heavy (non-hydrogen) atoms. The molecule has 1 aromatic carbocycles. The van der Waals surface area contributed by atoms with Crippen LogP contribution in [0.15, 0.2) is 30.3 Å². The van der Waals surface area contributed by atoms with Gasteiger partial charge in [0.15, 0.2) is 0 Å². The predicted octanol–water partition coefficient (Wildman–Crippen LogP) is 2.40. The van der Waals surface area contributed by atoms with Gasteiger partial charge in [-0.1, -0.05) is 30.3 Å². The summed E-state index contributed by atoms with van der Waals surface area (Å²) in [6.07, 6.45) is -0.118. The summed E-state index contributed by atoms with van der Waals surface area (Å²) < 4.78 is 11.5. The SMILES string of the molecule is CCOC1OC(c2ccccc2)C(C)N1C.